The predicted molar refractivity (Wildman–Crippen MR) is 156 cm³/mol. The van der Waals surface area contributed by atoms with Crippen molar-refractivity contribution in [1.82, 2.24) is 0 Å². The van der Waals surface area contributed by atoms with E-state index in [2.05, 4.69) is 87.3 Å². The molecule has 0 aromatic rings. The van der Waals surface area contributed by atoms with Crippen LogP contribution >= 0.6 is 11.6 Å². The Labute approximate surface area is 210 Å². The van der Waals surface area contributed by atoms with E-state index in [-0.39, 0.29) is 7.43 Å². The molecule has 0 saturated heterocycles. The van der Waals surface area contributed by atoms with Gasteiger partial charge in [-0.25, -0.2) is 0 Å². The van der Waals surface area contributed by atoms with Gasteiger partial charge in [0.2, 0.25) is 0 Å². The van der Waals surface area contributed by atoms with E-state index in [4.69, 9.17) is 11.6 Å². The van der Waals surface area contributed by atoms with Crippen molar-refractivity contribution >= 4 is 11.6 Å². The molecule has 32 heavy (non-hydrogen) atoms. The molecule has 0 bridgehead atoms. The Hall–Kier alpha value is -0.570. The fourth-order valence-electron chi connectivity index (χ4n) is 2.05. The largest absolute Gasteiger partial charge is 0.390 e. The van der Waals surface area contributed by atoms with Gasteiger partial charge in [0.25, 0.3) is 0 Å². The molecule has 0 rings (SSSR count). The maximum Gasteiger partial charge on any atom is 0.0668 e. The number of nitrogens with two attached hydrogens (primary N) is 1. The lowest BCUT2D eigenvalue weighted by molar-refractivity contribution is -0.0217. The van der Waals surface area contributed by atoms with Crippen LogP contribution in [-0.4, -0.2) is 17.8 Å². The van der Waals surface area contributed by atoms with E-state index < -0.39 is 5.60 Å². The van der Waals surface area contributed by atoms with Crippen molar-refractivity contribution in [1.29, 1.82) is 0 Å². The standard InChI is InChI=1S/C12H23ClO.C7H14.C6H14.C2H4.CH5N.CH4/c1-5-11(13)9-8-10(4)12(14,6-2)7-3;1-5-7(4)6(2)3;1-5(2)6(3)4;2*1-2;/h5,10,14H,6-9H2,1-4H3;5-6H,1-4H3;5-6H,1-4H3;1-2H2;2H2,1H3;1H4/b11-5+;7-5+;;;;. The Morgan fingerprint density at radius 2 is 1.25 bits per heavy atom. The zero-order chi connectivity index (χ0) is 26.2. The van der Waals surface area contributed by atoms with Crippen LogP contribution in [0.5, 0.6) is 0 Å². The zero-order valence-corrected chi connectivity index (χ0v) is 24.4. The van der Waals surface area contributed by atoms with Gasteiger partial charge in [-0.3, -0.25) is 0 Å². The summed E-state index contributed by atoms with van der Waals surface area (Å²) in [4.78, 5) is 0. The number of allylic oxidation sites excluding steroid dienone is 4. The number of hydrogen-bond donors (Lipinski definition) is 2. The summed E-state index contributed by atoms with van der Waals surface area (Å²) in [7, 11) is 1.50. The number of hydrogen-bond acceptors (Lipinski definition) is 2. The summed E-state index contributed by atoms with van der Waals surface area (Å²) in [6.07, 6.45) is 7.55. The first kappa shape index (κ1) is 45.0. The Morgan fingerprint density at radius 3 is 1.41 bits per heavy atom. The van der Waals surface area contributed by atoms with Crippen LogP contribution in [0.4, 0.5) is 0 Å². The molecular weight excluding hydrogens is 414 g/mol. The molecule has 3 heteroatoms. The van der Waals surface area contributed by atoms with Crippen LogP contribution in [0.1, 0.15) is 116 Å². The van der Waals surface area contributed by atoms with Crippen LogP contribution in [0.15, 0.2) is 35.9 Å². The van der Waals surface area contributed by atoms with Gasteiger partial charge in [-0.1, -0.05) is 99.1 Å². The highest BCUT2D eigenvalue weighted by Crippen LogP contribution is 2.30. The molecule has 0 heterocycles. The minimum Gasteiger partial charge on any atom is -0.390 e. The summed E-state index contributed by atoms with van der Waals surface area (Å²) >= 11 is 5.93. The van der Waals surface area contributed by atoms with E-state index in [1.165, 1.54) is 12.6 Å². The normalized spacial score (nSPS) is 12.1. The SMILES string of the molecule is C.C/C=C(/Cl)CCC(C)C(O)(CC)CC.C/C=C(\C)C(C)C.C=C.CC(C)C(C)C.CN. The van der Waals surface area contributed by atoms with E-state index in [1.807, 2.05) is 26.8 Å². The van der Waals surface area contributed by atoms with Crippen molar-refractivity contribution in [2.75, 3.05) is 7.05 Å². The zero-order valence-electron chi connectivity index (χ0n) is 23.6. The third-order valence-corrected chi connectivity index (χ3v) is 6.38. The van der Waals surface area contributed by atoms with Crippen LogP contribution in [-0.2, 0) is 0 Å². The highest BCUT2D eigenvalue weighted by atomic mass is 35.5. The van der Waals surface area contributed by atoms with E-state index in [0.29, 0.717) is 5.92 Å². The molecule has 0 aliphatic carbocycles. The van der Waals surface area contributed by atoms with Crippen molar-refractivity contribution in [3.63, 3.8) is 0 Å². The molecule has 198 valence electrons. The highest BCUT2D eigenvalue weighted by Gasteiger charge is 2.29. The molecule has 2 nitrogen and oxygen atoms in total. The first-order valence-corrected chi connectivity index (χ1v) is 12.4. The molecule has 0 spiro atoms. The van der Waals surface area contributed by atoms with Gasteiger partial charge in [-0.15, -0.1) is 13.2 Å². The van der Waals surface area contributed by atoms with Gasteiger partial charge in [-0.2, -0.15) is 0 Å². The second kappa shape index (κ2) is 30.4. The van der Waals surface area contributed by atoms with Crippen molar-refractivity contribution in [3.8, 4) is 0 Å². The first-order valence-electron chi connectivity index (χ1n) is 12.1. The van der Waals surface area contributed by atoms with Gasteiger partial charge in [0.1, 0.15) is 0 Å². The van der Waals surface area contributed by atoms with Gasteiger partial charge in [0.05, 0.1) is 5.60 Å². The molecule has 0 aromatic heterocycles. The molecule has 0 saturated carbocycles. The van der Waals surface area contributed by atoms with Gasteiger partial charge in [0.15, 0.2) is 0 Å². The summed E-state index contributed by atoms with van der Waals surface area (Å²) in [6, 6.07) is 0. The predicted octanol–water partition coefficient (Wildman–Crippen LogP) is 10.0. The minimum atomic E-state index is -0.509. The van der Waals surface area contributed by atoms with Gasteiger partial charge in [0, 0.05) is 5.03 Å². The molecule has 0 aliphatic heterocycles. The maximum atomic E-state index is 10.2. The molecule has 0 amide bonds. The fourth-order valence-corrected chi connectivity index (χ4v) is 2.16. The Kier molecular flexibility index (Phi) is 42.8. The Morgan fingerprint density at radius 1 is 0.906 bits per heavy atom. The van der Waals surface area contributed by atoms with Crippen LogP contribution in [0.3, 0.4) is 0 Å². The van der Waals surface area contributed by atoms with E-state index in [0.717, 1.165) is 48.5 Å². The summed E-state index contributed by atoms with van der Waals surface area (Å²) < 4.78 is 0. The van der Waals surface area contributed by atoms with E-state index in [1.54, 1.807) is 0 Å². The smallest absolute Gasteiger partial charge is 0.0668 e. The molecule has 1 unspecified atom stereocenters. The van der Waals surface area contributed by atoms with Crippen LogP contribution in [0, 0.1) is 23.7 Å². The molecular formula is C29H64ClNO. The lowest BCUT2D eigenvalue weighted by Crippen LogP contribution is -2.34. The molecule has 3 N–H and O–H groups in total. The Balaban J connectivity index is -0.0000000794. The topological polar surface area (TPSA) is 46.2 Å². The van der Waals surface area contributed by atoms with Crippen molar-refractivity contribution in [2.45, 2.75) is 122 Å². The van der Waals surface area contributed by atoms with Gasteiger partial charge >= 0.3 is 0 Å². The second-order valence-corrected chi connectivity index (χ2v) is 9.15. The maximum absolute atomic E-state index is 10.2. The van der Waals surface area contributed by atoms with Crippen molar-refractivity contribution in [2.24, 2.45) is 29.4 Å². The van der Waals surface area contributed by atoms with Crippen molar-refractivity contribution in [3.05, 3.63) is 35.9 Å². The molecule has 0 aromatic carbocycles. The summed E-state index contributed by atoms with van der Waals surface area (Å²) in [5.74, 6) is 2.74. The van der Waals surface area contributed by atoms with E-state index in [9.17, 15) is 5.11 Å². The van der Waals surface area contributed by atoms with E-state index >= 15 is 0 Å². The molecule has 1 atom stereocenters. The third-order valence-electron chi connectivity index (χ3n) is 5.97. The third kappa shape index (κ3) is 29.4. The van der Waals surface area contributed by atoms with Crippen LogP contribution < -0.4 is 5.73 Å². The van der Waals surface area contributed by atoms with Gasteiger partial charge in [-0.05, 0) is 77.2 Å². The monoisotopic (exact) mass is 477 g/mol. The van der Waals surface area contributed by atoms with Gasteiger partial charge < -0.3 is 10.8 Å². The molecule has 0 aliphatic rings. The number of halogens is 1. The summed E-state index contributed by atoms with van der Waals surface area (Å²) in [5, 5.41) is 11.1. The number of rotatable bonds is 8. The molecule has 0 fully saturated rings. The average Bonchev–Trinajstić information content (AvgIpc) is 2.79. The second-order valence-electron chi connectivity index (χ2n) is 8.66. The van der Waals surface area contributed by atoms with Crippen molar-refractivity contribution < 1.29 is 5.11 Å². The first-order chi connectivity index (χ1) is 14.3. The minimum absolute atomic E-state index is 0. The fraction of sp³-hybridized carbons (Fsp3) is 0.793. The average molecular weight is 478 g/mol. The Bertz CT molecular complexity index is 401. The number of aliphatic hydroxyl groups is 1. The summed E-state index contributed by atoms with van der Waals surface area (Å²) in [5.41, 5.74) is 5.46. The lowest BCUT2D eigenvalue weighted by atomic mass is 9.81. The molecule has 0 radical (unpaired) electrons. The lowest BCUT2D eigenvalue weighted by Gasteiger charge is -2.32. The van der Waals surface area contributed by atoms with Crippen LogP contribution in [0.25, 0.3) is 0 Å². The quantitative estimate of drug-likeness (QED) is 0.341. The van der Waals surface area contributed by atoms with Crippen LogP contribution in [0.2, 0.25) is 0 Å². The summed E-state index contributed by atoms with van der Waals surface area (Å²) in [6.45, 7) is 31.7. The highest BCUT2D eigenvalue weighted by molar-refractivity contribution is 6.29.